The van der Waals surface area contributed by atoms with Gasteiger partial charge in [0.2, 0.25) is 11.8 Å². The van der Waals surface area contributed by atoms with Crippen LogP contribution in [0.15, 0.2) is 54.6 Å². The Morgan fingerprint density at radius 3 is 2.35 bits per heavy atom. The van der Waals surface area contributed by atoms with E-state index >= 15 is 0 Å². The quantitative estimate of drug-likeness (QED) is 0.724. The number of nitrogens with zero attached hydrogens (tertiary/aromatic N) is 2. The van der Waals surface area contributed by atoms with Crippen LogP contribution in [0, 0.1) is 0 Å². The zero-order valence-electron chi connectivity index (χ0n) is 17.3. The Labute approximate surface area is 182 Å². The Balaban J connectivity index is 1.56. The second-order valence-corrected chi connectivity index (χ2v) is 10.6. The second kappa shape index (κ2) is 8.80. The van der Waals surface area contributed by atoms with Crippen molar-refractivity contribution >= 4 is 21.7 Å². The van der Waals surface area contributed by atoms with Crippen molar-refractivity contribution < 1.29 is 18.0 Å². The van der Waals surface area contributed by atoms with Gasteiger partial charge in [0.05, 0.1) is 24.1 Å². The van der Waals surface area contributed by atoms with E-state index in [1.54, 1.807) is 4.90 Å². The fourth-order valence-corrected chi connectivity index (χ4v) is 6.24. The lowest BCUT2D eigenvalue weighted by molar-refractivity contribution is -0.137. The maximum absolute atomic E-state index is 13.4. The first kappa shape index (κ1) is 21.5. The average Bonchev–Trinajstić information content (AvgIpc) is 3.11. The molecule has 0 aromatic heterocycles. The summed E-state index contributed by atoms with van der Waals surface area (Å²) in [6.07, 6.45) is 0.901. The van der Waals surface area contributed by atoms with Crippen LogP contribution in [0.25, 0.3) is 0 Å². The molecule has 0 spiro atoms. The summed E-state index contributed by atoms with van der Waals surface area (Å²) < 4.78 is 24.2. The lowest BCUT2D eigenvalue weighted by Gasteiger charge is -2.37. The van der Waals surface area contributed by atoms with Crippen LogP contribution in [0.2, 0.25) is 0 Å². The minimum atomic E-state index is -3.15. The highest BCUT2D eigenvalue weighted by Crippen LogP contribution is 2.25. The SMILES string of the molecule is NC(=O)[C@@H]1Cc2ccccc2CN1CC(=O)N(Cc1ccccc1)[C@@H]1CCS(=O)(=O)C1. The van der Waals surface area contributed by atoms with E-state index in [0.717, 1.165) is 16.7 Å². The number of sulfone groups is 1. The van der Waals surface area contributed by atoms with E-state index in [1.807, 2.05) is 59.5 Å². The Bertz CT molecular complexity index is 1070. The van der Waals surface area contributed by atoms with E-state index in [0.29, 0.717) is 25.9 Å². The molecule has 1 saturated heterocycles. The number of hydrogen-bond acceptors (Lipinski definition) is 5. The molecule has 0 saturated carbocycles. The molecule has 2 aliphatic heterocycles. The molecule has 0 unspecified atom stereocenters. The third-order valence-electron chi connectivity index (χ3n) is 6.18. The van der Waals surface area contributed by atoms with Gasteiger partial charge in [0, 0.05) is 19.1 Å². The van der Waals surface area contributed by atoms with Gasteiger partial charge in [-0.25, -0.2) is 8.42 Å². The highest BCUT2D eigenvalue weighted by atomic mass is 32.2. The molecule has 2 aromatic carbocycles. The smallest absolute Gasteiger partial charge is 0.237 e. The molecule has 164 valence electrons. The molecule has 2 amide bonds. The highest BCUT2D eigenvalue weighted by Gasteiger charge is 2.37. The van der Waals surface area contributed by atoms with Crippen LogP contribution in [-0.4, -0.2) is 60.2 Å². The third-order valence-corrected chi connectivity index (χ3v) is 7.93. The van der Waals surface area contributed by atoms with E-state index < -0.39 is 21.8 Å². The monoisotopic (exact) mass is 441 g/mol. The summed E-state index contributed by atoms with van der Waals surface area (Å²) in [6, 6.07) is 16.5. The summed E-state index contributed by atoms with van der Waals surface area (Å²) in [6.45, 7) is 0.814. The Kier molecular flexibility index (Phi) is 6.11. The van der Waals surface area contributed by atoms with Crippen molar-refractivity contribution in [2.24, 2.45) is 5.73 Å². The van der Waals surface area contributed by atoms with Gasteiger partial charge in [0.1, 0.15) is 0 Å². The van der Waals surface area contributed by atoms with Crippen molar-refractivity contribution in [3.8, 4) is 0 Å². The van der Waals surface area contributed by atoms with Crippen molar-refractivity contribution in [1.82, 2.24) is 9.80 Å². The predicted octanol–water partition coefficient (Wildman–Crippen LogP) is 1.11. The van der Waals surface area contributed by atoms with Gasteiger partial charge < -0.3 is 10.6 Å². The van der Waals surface area contributed by atoms with Gasteiger partial charge in [-0.2, -0.15) is 0 Å². The molecule has 31 heavy (non-hydrogen) atoms. The molecule has 0 bridgehead atoms. The summed E-state index contributed by atoms with van der Waals surface area (Å²) in [7, 11) is -3.15. The first-order chi connectivity index (χ1) is 14.8. The standard InChI is InChI=1S/C23H27N3O4S/c24-23(28)21-12-18-8-4-5-9-19(18)14-25(21)15-22(27)26(13-17-6-2-1-3-7-17)20-10-11-31(29,30)16-20/h1-9,20-21H,10-16H2,(H2,24,28)/t20-,21+/m1/s1. The minimum Gasteiger partial charge on any atom is -0.368 e. The number of benzene rings is 2. The van der Waals surface area contributed by atoms with Crippen LogP contribution in [0.5, 0.6) is 0 Å². The molecule has 2 aliphatic rings. The number of nitrogens with two attached hydrogens (primary N) is 1. The summed E-state index contributed by atoms with van der Waals surface area (Å²) >= 11 is 0. The van der Waals surface area contributed by atoms with Crippen LogP contribution in [0.4, 0.5) is 0 Å². The Hall–Kier alpha value is -2.71. The molecule has 4 rings (SSSR count). The first-order valence-electron chi connectivity index (χ1n) is 10.5. The van der Waals surface area contributed by atoms with E-state index in [9.17, 15) is 18.0 Å². The summed E-state index contributed by atoms with van der Waals surface area (Å²) in [5.41, 5.74) is 8.75. The van der Waals surface area contributed by atoms with Crippen molar-refractivity contribution in [3.05, 3.63) is 71.3 Å². The number of primary amides is 1. The minimum absolute atomic E-state index is 0.0192. The molecular weight excluding hydrogens is 414 g/mol. The van der Waals surface area contributed by atoms with Gasteiger partial charge in [-0.15, -0.1) is 0 Å². The molecule has 2 N–H and O–H groups in total. The zero-order valence-corrected chi connectivity index (χ0v) is 18.1. The second-order valence-electron chi connectivity index (χ2n) is 8.36. The van der Waals surface area contributed by atoms with Gasteiger partial charge in [-0.1, -0.05) is 54.6 Å². The predicted molar refractivity (Wildman–Crippen MR) is 118 cm³/mol. The van der Waals surface area contributed by atoms with E-state index in [-0.39, 0.29) is 30.0 Å². The van der Waals surface area contributed by atoms with Gasteiger partial charge in [-0.05, 0) is 29.5 Å². The van der Waals surface area contributed by atoms with Gasteiger partial charge in [-0.3, -0.25) is 14.5 Å². The number of rotatable bonds is 6. The number of fused-ring (bicyclic) bond motifs is 1. The number of hydrogen-bond donors (Lipinski definition) is 1. The van der Waals surface area contributed by atoms with E-state index in [1.165, 1.54) is 0 Å². The van der Waals surface area contributed by atoms with E-state index in [4.69, 9.17) is 5.73 Å². The Morgan fingerprint density at radius 1 is 1.03 bits per heavy atom. The van der Waals surface area contributed by atoms with Gasteiger partial charge in [0.15, 0.2) is 9.84 Å². The fraction of sp³-hybridized carbons (Fsp3) is 0.391. The van der Waals surface area contributed by atoms with Crippen LogP contribution < -0.4 is 5.73 Å². The summed E-state index contributed by atoms with van der Waals surface area (Å²) in [4.78, 5) is 29.0. The van der Waals surface area contributed by atoms with Crippen molar-refractivity contribution in [2.45, 2.75) is 38.0 Å². The number of carbonyl (C=O) groups excluding carboxylic acids is 2. The fourth-order valence-electron chi connectivity index (χ4n) is 4.51. The Morgan fingerprint density at radius 2 is 1.71 bits per heavy atom. The largest absolute Gasteiger partial charge is 0.368 e. The lowest BCUT2D eigenvalue weighted by Crippen LogP contribution is -2.53. The molecule has 2 aromatic rings. The maximum Gasteiger partial charge on any atom is 0.237 e. The van der Waals surface area contributed by atoms with Crippen molar-refractivity contribution in [3.63, 3.8) is 0 Å². The van der Waals surface area contributed by atoms with Crippen molar-refractivity contribution in [1.29, 1.82) is 0 Å². The van der Waals surface area contributed by atoms with Crippen LogP contribution in [-0.2, 0) is 38.9 Å². The van der Waals surface area contributed by atoms with Crippen LogP contribution in [0.3, 0.4) is 0 Å². The molecule has 0 aliphatic carbocycles. The molecule has 7 nitrogen and oxygen atoms in total. The average molecular weight is 442 g/mol. The molecule has 8 heteroatoms. The highest BCUT2D eigenvalue weighted by molar-refractivity contribution is 7.91. The maximum atomic E-state index is 13.4. The molecule has 2 atom stereocenters. The lowest BCUT2D eigenvalue weighted by atomic mass is 9.93. The summed E-state index contributed by atoms with van der Waals surface area (Å²) in [5.74, 6) is -0.567. The first-order valence-corrected chi connectivity index (χ1v) is 12.3. The van der Waals surface area contributed by atoms with E-state index in [2.05, 4.69) is 0 Å². The molecule has 1 fully saturated rings. The summed E-state index contributed by atoms with van der Waals surface area (Å²) in [5, 5.41) is 0. The molecule has 0 radical (unpaired) electrons. The van der Waals surface area contributed by atoms with Gasteiger partial charge >= 0.3 is 0 Å². The number of carbonyl (C=O) groups is 2. The zero-order chi connectivity index (χ0) is 22.0. The van der Waals surface area contributed by atoms with Gasteiger partial charge in [0.25, 0.3) is 0 Å². The molecule has 2 heterocycles. The van der Waals surface area contributed by atoms with Crippen LogP contribution >= 0.6 is 0 Å². The van der Waals surface area contributed by atoms with Crippen LogP contribution in [0.1, 0.15) is 23.1 Å². The topological polar surface area (TPSA) is 101 Å². The third kappa shape index (κ3) is 4.97. The normalized spacial score (nSPS) is 22.6. The molecular formula is C23H27N3O4S. The number of amides is 2. The van der Waals surface area contributed by atoms with Crippen molar-refractivity contribution in [2.75, 3.05) is 18.1 Å².